The number of hydrogen-bond donors (Lipinski definition) is 1. The Morgan fingerprint density at radius 2 is 1.77 bits per heavy atom. The maximum atomic E-state index is 12.6. The molecule has 3 aromatic rings. The Hall–Kier alpha value is -2.44. The minimum atomic E-state index is -3.61. The van der Waals surface area contributed by atoms with Gasteiger partial charge in [0.05, 0.1) is 11.2 Å². The van der Waals surface area contributed by atoms with E-state index in [1.54, 1.807) is 42.8 Å². The van der Waals surface area contributed by atoms with Gasteiger partial charge in [-0.3, -0.25) is 4.98 Å². The predicted octanol–water partition coefficient (Wildman–Crippen LogP) is 4.12. The highest BCUT2D eigenvalue weighted by Crippen LogP contribution is 2.24. The van der Waals surface area contributed by atoms with Crippen molar-refractivity contribution in [1.82, 2.24) is 9.71 Å². The van der Waals surface area contributed by atoms with E-state index in [2.05, 4.69) is 30.5 Å². The highest BCUT2D eigenvalue weighted by Gasteiger charge is 2.18. The topological polar surface area (TPSA) is 72.2 Å². The van der Waals surface area contributed by atoms with Gasteiger partial charge in [-0.1, -0.05) is 39.0 Å². The molecule has 0 radical (unpaired) electrons. The number of hydrogen-bond acceptors (Lipinski definition) is 4. The molecule has 136 valence electrons. The van der Waals surface area contributed by atoms with Gasteiger partial charge in [0.25, 0.3) is 0 Å². The van der Waals surface area contributed by atoms with Crippen LogP contribution < -0.4 is 4.72 Å². The van der Waals surface area contributed by atoms with E-state index in [1.807, 2.05) is 18.2 Å². The summed E-state index contributed by atoms with van der Waals surface area (Å²) < 4.78 is 33.2. The van der Waals surface area contributed by atoms with Crippen LogP contribution in [0.3, 0.4) is 0 Å². The van der Waals surface area contributed by atoms with Crippen molar-refractivity contribution < 1.29 is 12.8 Å². The van der Waals surface area contributed by atoms with Crippen LogP contribution in [-0.4, -0.2) is 13.4 Å². The first-order valence-corrected chi connectivity index (χ1v) is 9.84. The van der Waals surface area contributed by atoms with Gasteiger partial charge in [0.2, 0.25) is 10.0 Å². The lowest BCUT2D eigenvalue weighted by Gasteiger charge is -2.19. The molecule has 0 aliphatic rings. The summed E-state index contributed by atoms with van der Waals surface area (Å²) >= 11 is 0. The molecule has 1 aromatic carbocycles. The van der Waals surface area contributed by atoms with Crippen LogP contribution in [0.2, 0.25) is 0 Å². The molecule has 2 heterocycles. The van der Waals surface area contributed by atoms with Crippen LogP contribution in [-0.2, 0) is 22.0 Å². The largest absolute Gasteiger partial charge is 0.463 e. The van der Waals surface area contributed by atoms with Gasteiger partial charge in [-0.2, -0.15) is 0 Å². The molecule has 3 rings (SSSR count). The smallest absolute Gasteiger partial charge is 0.240 e. The number of nitrogens with one attached hydrogen (secondary N) is 1. The number of aromatic nitrogens is 1. The maximum absolute atomic E-state index is 12.6. The first-order chi connectivity index (χ1) is 12.3. The fraction of sp³-hybridized carbons (Fsp3) is 0.250. The minimum Gasteiger partial charge on any atom is -0.463 e. The Labute approximate surface area is 154 Å². The molecule has 26 heavy (non-hydrogen) atoms. The molecule has 0 amide bonds. The van der Waals surface area contributed by atoms with E-state index in [1.165, 1.54) is 0 Å². The molecule has 0 aliphatic carbocycles. The Morgan fingerprint density at radius 3 is 2.38 bits per heavy atom. The Kier molecular flexibility index (Phi) is 4.98. The summed E-state index contributed by atoms with van der Waals surface area (Å²) in [4.78, 5) is 4.55. The third kappa shape index (κ3) is 4.03. The summed E-state index contributed by atoms with van der Waals surface area (Å²) in [6.07, 6.45) is 3.22. The van der Waals surface area contributed by atoms with Gasteiger partial charge in [-0.15, -0.1) is 0 Å². The van der Waals surface area contributed by atoms with Crippen LogP contribution in [0.5, 0.6) is 0 Å². The van der Waals surface area contributed by atoms with Crippen LogP contribution in [0.25, 0.3) is 11.5 Å². The van der Waals surface area contributed by atoms with Gasteiger partial charge in [0.15, 0.2) is 5.76 Å². The molecule has 6 heteroatoms. The van der Waals surface area contributed by atoms with E-state index in [-0.39, 0.29) is 16.9 Å². The molecule has 0 saturated heterocycles. The van der Waals surface area contributed by atoms with Crippen molar-refractivity contribution in [1.29, 1.82) is 0 Å². The van der Waals surface area contributed by atoms with Crippen molar-refractivity contribution in [2.45, 2.75) is 37.6 Å². The minimum absolute atomic E-state index is 0.0244. The second-order valence-corrected chi connectivity index (χ2v) is 8.85. The molecule has 0 aliphatic heterocycles. The Bertz CT molecular complexity index is 971. The molecular formula is C20H22N2O3S. The molecule has 2 aromatic heterocycles. The zero-order chi connectivity index (χ0) is 18.8. The summed E-state index contributed by atoms with van der Waals surface area (Å²) in [6.45, 7) is 6.40. The Balaban J connectivity index is 1.80. The van der Waals surface area contributed by atoms with E-state index in [0.29, 0.717) is 11.5 Å². The fourth-order valence-electron chi connectivity index (χ4n) is 2.61. The highest BCUT2D eigenvalue weighted by molar-refractivity contribution is 7.89. The van der Waals surface area contributed by atoms with Crippen LogP contribution in [0, 0.1) is 0 Å². The van der Waals surface area contributed by atoms with Crippen molar-refractivity contribution in [2.75, 3.05) is 0 Å². The second-order valence-electron chi connectivity index (χ2n) is 7.09. The quantitative estimate of drug-likeness (QED) is 0.733. The lowest BCUT2D eigenvalue weighted by Crippen LogP contribution is -2.24. The molecule has 0 unspecified atom stereocenters. The standard InChI is InChI=1S/C20H22N2O3S/c1-20(2,3)16-8-10-17(11-9-16)26(23,24)22-14-15-6-4-12-21-19(15)18-7-5-13-25-18/h4-13,22H,14H2,1-3H3. The summed E-state index contributed by atoms with van der Waals surface area (Å²) in [6, 6.07) is 14.2. The van der Waals surface area contributed by atoms with Crippen LogP contribution in [0.1, 0.15) is 31.9 Å². The first-order valence-electron chi connectivity index (χ1n) is 8.35. The van der Waals surface area contributed by atoms with Gasteiger partial charge >= 0.3 is 0 Å². The van der Waals surface area contributed by atoms with Crippen molar-refractivity contribution >= 4 is 10.0 Å². The Morgan fingerprint density at radius 1 is 1.04 bits per heavy atom. The average molecular weight is 370 g/mol. The summed E-state index contributed by atoms with van der Waals surface area (Å²) in [7, 11) is -3.61. The van der Waals surface area contributed by atoms with E-state index >= 15 is 0 Å². The monoisotopic (exact) mass is 370 g/mol. The third-order valence-corrected chi connectivity index (χ3v) is 5.55. The van der Waals surface area contributed by atoms with Gasteiger partial charge in [-0.05, 0) is 46.9 Å². The van der Waals surface area contributed by atoms with E-state index in [0.717, 1.165) is 11.1 Å². The summed E-state index contributed by atoms with van der Waals surface area (Å²) in [5.41, 5.74) is 2.44. The first kappa shape index (κ1) is 18.4. The summed E-state index contributed by atoms with van der Waals surface area (Å²) in [5.74, 6) is 0.606. The molecule has 0 fully saturated rings. The lowest BCUT2D eigenvalue weighted by molar-refractivity contribution is 0.574. The number of furan rings is 1. The number of benzene rings is 1. The number of rotatable bonds is 5. The molecular weight excluding hydrogens is 348 g/mol. The molecule has 5 nitrogen and oxygen atoms in total. The zero-order valence-corrected chi connectivity index (χ0v) is 15.9. The van der Waals surface area contributed by atoms with Gasteiger partial charge in [0, 0.05) is 12.7 Å². The van der Waals surface area contributed by atoms with Crippen molar-refractivity contribution in [3.63, 3.8) is 0 Å². The predicted molar refractivity (Wildman–Crippen MR) is 101 cm³/mol. The van der Waals surface area contributed by atoms with Crippen LogP contribution in [0.15, 0.2) is 70.3 Å². The highest BCUT2D eigenvalue weighted by atomic mass is 32.2. The van der Waals surface area contributed by atoms with Crippen LogP contribution in [0.4, 0.5) is 0 Å². The lowest BCUT2D eigenvalue weighted by atomic mass is 9.87. The number of pyridine rings is 1. The summed E-state index contributed by atoms with van der Waals surface area (Å²) in [5, 5.41) is 0. The molecule has 0 spiro atoms. The molecule has 1 N–H and O–H groups in total. The van der Waals surface area contributed by atoms with Gasteiger partial charge in [-0.25, -0.2) is 13.1 Å². The number of nitrogens with zero attached hydrogens (tertiary/aromatic N) is 1. The van der Waals surface area contributed by atoms with Gasteiger partial charge in [0.1, 0.15) is 5.69 Å². The van der Waals surface area contributed by atoms with E-state index in [9.17, 15) is 8.42 Å². The van der Waals surface area contributed by atoms with Crippen molar-refractivity contribution in [2.24, 2.45) is 0 Å². The van der Waals surface area contributed by atoms with Gasteiger partial charge < -0.3 is 4.42 Å². The SMILES string of the molecule is CC(C)(C)c1ccc(S(=O)(=O)NCc2cccnc2-c2ccco2)cc1. The van der Waals surface area contributed by atoms with Crippen LogP contribution >= 0.6 is 0 Å². The van der Waals surface area contributed by atoms with E-state index in [4.69, 9.17) is 4.42 Å². The normalized spacial score (nSPS) is 12.3. The molecule has 0 bridgehead atoms. The molecule has 0 saturated carbocycles. The zero-order valence-electron chi connectivity index (χ0n) is 15.1. The third-order valence-electron chi connectivity index (χ3n) is 4.13. The van der Waals surface area contributed by atoms with E-state index < -0.39 is 10.0 Å². The fourth-order valence-corrected chi connectivity index (χ4v) is 3.61. The van der Waals surface area contributed by atoms with Crippen molar-refractivity contribution in [3.05, 3.63) is 72.1 Å². The molecule has 0 atom stereocenters. The second kappa shape index (κ2) is 7.05. The average Bonchev–Trinajstić information content (AvgIpc) is 3.14. The number of sulfonamides is 1. The maximum Gasteiger partial charge on any atom is 0.240 e. The van der Waals surface area contributed by atoms with Crippen molar-refractivity contribution in [3.8, 4) is 11.5 Å².